The highest BCUT2D eigenvalue weighted by atomic mass is 127. The summed E-state index contributed by atoms with van der Waals surface area (Å²) in [7, 11) is 0. The van der Waals surface area contributed by atoms with E-state index in [9.17, 15) is 19.7 Å². The van der Waals surface area contributed by atoms with Crippen LogP contribution in [-0.4, -0.2) is 30.0 Å². The smallest absolute Gasteiger partial charge is 0.325 e. The van der Waals surface area contributed by atoms with E-state index in [2.05, 4.69) is 10.1 Å². The molecule has 0 aliphatic rings. The Balaban J connectivity index is 2.79. The lowest BCUT2D eigenvalue weighted by atomic mass is 10.2. The van der Waals surface area contributed by atoms with Gasteiger partial charge in [-0.1, -0.05) is 0 Å². The normalized spacial score (nSPS) is 9.79. The predicted molar refractivity (Wildman–Crippen MR) is 74.8 cm³/mol. The van der Waals surface area contributed by atoms with Crippen LogP contribution in [0.5, 0.6) is 0 Å². The molecule has 0 heterocycles. The van der Waals surface area contributed by atoms with Crippen molar-refractivity contribution in [2.75, 3.05) is 13.2 Å². The molecule has 19 heavy (non-hydrogen) atoms. The van der Waals surface area contributed by atoms with Crippen LogP contribution < -0.4 is 5.32 Å². The number of nitrogens with one attached hydrogen (secondary N) is 1. The van der Waals surface area contributed by atoms with Crippen molar-refractivity contribution in [2.24, 2.45) is 0 Å². The first-order chi connectivity index (χ1) is 8.95. The standard InChI is InChI=1S/C11H11IN2O5/c1-2-19-10(15)6-13-11(16)8-5-7(14(17)18)3-4-9(8)12/h3-5H,2,6H2,1H3,(H,13,16). The van der Waals surface area contributed by atoms with Crippen LogP contribution in [-0.2, 0) is 9.53 Å². The summed E-state index contributed by atoms with van der Waals surface area (Å²) in [6.07, 6.45) is 0. The number of ether oxygens (including phenoxy) is 1. The molecule has 0 aliphatic carbocycles. The van der Waals surface area contributed by atoms with E-state index in [4.69, 9.17) is 0 Å². The molecule has 0 bridgehead atoms. The van der Waals surface area contributed by atoms with E-state index in [0.717, 1.165) is 0 Å². The van der Waals surface area contributed by atoms with Crippen molar-refractivity contribution in [3.63, 3.8) is 0 Å². The summed E-state index contributed by atoms with van der Waals surface area (Å²) < 4.78 is 5.22. The Bertz CT molecular complexity index is 518. The zero-order chi connectivity index (χ0) is 14.4. The Kier molecular flexibility index (Phi) is 5.67. The molecule has 0 aliphatic heterocycles. The van der Waals surface area contributed by atoms with Crippen LogP contribution in [0.1, 0.15) is 17.3 Å². The number of carbonyl (C=O) groups is 2. The topological polar surface area (TPSA) is 98.5 Å². The zero-order valence-corrected chi connectivity index (χ0v) is 12.2. The molecule has 0 spiro atoms. The van der Waals surface area contributed by atoms with Gasteiger partial charge >= 0.3 is 5.97 Å². The highest BCUT2D eigenvalue weighted by Crippen LogP contribution is 2.19. The number of halogens is 1. The minimum absolute atomic E-state index is 0.152. The molecule has 1 aromatic carbocycles. The maximum Gasteiger partial charge on any atom is 0.325 e. The predicted octanol–water partition coefficient (Wildman–Crippen LogP) is 1.49. The van der Waals surface area contributed by atoms with Gasteiger partial charge in [0.1, 0.15) is 6.54 Å². The van der Waals surface area contributed by atoms with Gasteiger partial charge in [0.25, 0.3) is 11.6 Å². The second-order valence-corrected chi connectivity index (χ2v) is 4.57. The van der Waals surface area contributed by atoms with Gasteiger partial charge in [-0.05, 0) is 35.6 Å². The number of rotatable bonds is 5. The Morgan fingerprint density at radius 3 is 2.74 bits per heavy atom. The number of nitro benzene ring substituents is 1. The van der Waals surface area contributed by atoms with E-state index in [1.807, 2.05) is 22.6 Å². The summed E-state index contributed by atoms with van der Waals surface area (Å²) >= 11 is 1.89. The number of non-ortho nitro benzene ring substituents is 1. The second-order valence-electron chi connectivity index (χ2n) is 3.41. The van der Waals surface area contributed by atoms with Crippen LogP contribution in [0, 0.1) is 13.7 Å². The van der Waals surface area contributed by atoms with Gasteiger partial charge in [-0.3, -0.25) is 19.7 Å². The van der Waals surface area contributed by atoms with Gasteiger partial charge < -0.3 is 10.1 Å². The van der Waals surface area contributed by atoms with Crippen LogP contribution in [0.4, 0.5) is 5.69 Å². The van der Waals surface area contributed by atoms with Crippen molar-refractivity contribution in [1.82, 2.24) is 5.32 Å². The Morgan fingerprint density at radius 2 is 2.16 bits per heavy atom. The summed E-state index contributed by atoms with van der Waals surface area (Å²) in [6, 6.07) is 3.95. The first-order valence-corrected chi connectivity index (χ1v) is 6.41. The molecule has 0 fully saturated rings. The van der Waals surface area contributed by atoms with E-state index in [-0.39, 0.29) is 24.4 Å². The van der Waals surface area contributed by atoms with Crippen molar-refractivity contribution in [2.45, 2.75) is 6.92 Å². The minimum Gasteiger partial charge on any atom is -0.465 e. The third-order valence-electron chi connectivity index (χ3n) is 2.10. The Labute approximate surface area is 122 Å². The number of hydrogen-bond acceptors (Lipinski definition) is 5. The zero-order valence-electron chi connectivity index (χ0n) is 10.0. The lowest BCUT2D eigenvalue weighted by molar-refractivity contribution is -0.384. The quantitative estimate of drug-likeness (QED) is 0.362. The van der Waals surface area contributed by atoms with Crippen LogP contribution in [0.3, 0.4) is 0 Å². The molecular weight excluding hydrogens is 367 g/mol. The van der Waals surface area contributed by atoms with Crippen LogP contribution in [0.15, 0.2) is 18.2 Å². The van der Waals surface area contributed by atoms with Gasteiger partial charge in [0, 0.05) is 15.7 Å². The lowest BCUT2D eigenvalue weighted by Gasteiger charge is -2.06. The van der Waals surface area contributed by atoms with Crippen molar-refractivity contribution in [1.29, 1.82) is 0 Å². The maximum atomic E-state index is 11.8. The number of nitro groups is 1. The molecule has 0 saturated carbocycles. The molecule has 1 N–H and O–H groups in total. The summed E-state index contributed by atoms with van der Waals surface area (Å²) in [5, 5.41) is 13.0. The molecular formula is C11H11IN2O5. The molecule has 8 heteroatoms. The van der Waals surface area contributed by atoms with Gasteiger partial charge in [-0.25, -0.2) is 0 Å². The average Bonchev–Trinajstić information content (AvgIpc) is 2.36. The molecule has 0 atom stereocenters. The molecule has 0 unspecified atom stereocenters. The highest BCUT2D eigenvalue weighted by Gasteiger charge is 2.16. The van der Waals surface area contributed by atoms with E-state index in [0.29, 0.717) is 3.57 Å². The van der Waals surface area contributed by atoms with Crippen LogP contribution >= 0.6 is 22.6 Å². The van der Waals surface area contributed by atoms with E-state index in [1.165, 1.54) is 18.2 Å². The largest absolute Gasteiger partial charge is 0.465 e. The number of carbonyl (C=O) groups excluding carboxylic acids is 2. The van der Waals surface area contributed by atoms with E-state index >= 15 is 0 Å². The minimum atomic E-state index is -0.585. The van der Waals surface area contributed by atoms with Crippen molar-refractivity contribution in [3.05, 3.63) is 37.4 Å². The SMILES string of the molecule is CCOC(=O)CNC(=O)c1cc([N+](=O)[O-])ccc1I. The monoisotopic (exact) mass is 378 g/mol. The molecule has 1 amide bonds. The first kappa shape index (κ1) is 15.3. The van der Waals surface area contributed by atoms with Gasteiger partial charge in [-0.2, -0.15) is 0 Å². The average molecular weight is 378 g/mol. The second kappa shape index (κ2) is 7.02. The molecule has 7 nitrogen and oxygen atoms in total. The number of amides is 1. The Morgan fingerprint density at radius 1 is 1.47 bits per heavy atom. The van der Waals surface area contributed by atoms with E-state index in [1.54, 1.807) is 6.92 Å². The summed E-state index contributed by atoms with van der Waals surface area (Å²) in [5.74, 6) is -1.11. The molecule has 0 aromatic heterocycles. The number of esters is 1. The molecule has 1 rings (SSSR count). The summed E-state index contributed by atoms with van der Waals surface area (Å²) in [4.78, 5) is 32.9. The third kappa shape index (κ3) is 4.47. The van der Waals surface area contributed by atoms with Crippen molar-refractivity contribution >= 4 is 40.2 Å². The third-order valence-corrected chi connectivity index (χ3v) is 3.04. The van der Waals surface area contributed by atoms with Gasteiger partial charge in [0.05, 0.1) is 17.1 Å². The first-order valence-electron chi connectivity index (χ1n) is 5.33. The maximum absolute atomic E-state index is 11.8. The van der Waals surface area contributed by atoms with Gasteiger partial charge in [0.2, 0.25) is 0 Å². The van der Waals surface area contributed by atoms with Gasteiger partial charge in [-0.15, -0.1) is 0 Å². The number of benzene rings is 1. The Hall–Kier alpha value is -1.71. The van der Waals surface area contributed by atoms with Crippen LogP contribution in [0.25, 0.3) is 0 Å². The summed E-state index contributed by atoms with van der Waals surface area (Å²) in [5.41, 5.74) is -0.0270. The molecule has 0 radical (unpaired) electrons. The van der Waals surface area contributed by atoms with Crippen molar-refractivity contribution in [3.8, 4) is 0 Å². The molecule has 1 aromatic rings. The summed E-state index contributed by atoms with van der Waals surface area (Å²) in [6.45, 7) is 1.61. The fraction of sp³-hybridized carbons (Fsp3) is 0.273. The van der Waals surface area contributed by atoms with Crippen molar-refractivity contribution < 1.29 is 19.2 Å². The van der Waals surface area contributed by atoms with Gasteiger partial charge in [0.15, 0.2) is 0 Å². The number of nitrogens with zero attached hydrogens (tertiary/aromatic N) is 1. The number of hydrogen-bond donors (Lipinski definition) is 1. The molecule has 102 valence electrons. The highest BCUT2D eigenvalue weighted by molar-refractivity contribution is 14.1. The fourth-order valence-corrected chi connectivity index (χ4v) is 1.84. The van der Waals surface area contributed by atoms with Crippen LogP contribution in [0.2, 0.25) is 0 Å². The lowest BCUT2D eigenvalue weighted by Crippen LogP contribution is -2.31. The van der Waals surface area contributed by atoms with E-state index < -0.39 is 16.8 Å². The molecule has 0 saturated heterocycles. The fourth-order valence-electron chi connectivity index (χ4n) is 1.26.